The average molecular weight is 290 g/mol. The lowest BCUT2D eigenvalue weighted by atomic mass is 9.77. The van der Waals surface area contributed by atoms with E-state index in [9.17, 15) is 4.79 Å². The number of amides is 1. The molecule has 116 valence electrons. The summed E-state index contributed by atoms with van der Waals surface area (Å²) in [7, 11) is 0. The van der Waals surface area contributed by atoms with Crippen LogP contribution >= 0.6 is 0 Å². The van der Waals surface area contributed by atoms with E-state index < -0.39 is 0 Å². The van der Waals surface area contributed by atoms with Crippen LogP contribution in [0.3, 0.4) is 0 Å². The second-order valence-electron chi connectivity index (χ2n) is 6.80. The van der Waals surface area contributed by atoms with Gasteiger partial charge < -0.3 is 10.6 Å². The zero-order valence-corrected chi connectivity index (χ0v) is 13.0. The van der Waals surface area contributed by atoms with Gasteiger partial charge in [-0.1, -0.05) is 26.7 Å². The smallest absolute Gasteiger partial charge is 0.242 e. The SMILES string of the molecule is CC(C)c1cc(NC(=O)C2CCC3CCCCC3N2)n[nH]1. The molecule has 5 nitrogen and oxygen atoms in total. The number of H-pyrrole nitrogens is 1. The average Bonchev–Trinajstić information content (AvgIpc) is 2.95. The number of carbonyl (C=O) groups excluding carboxylic acids is 1. The van der Waals surface area contributed by atoms with E-state index in [1.807, 2.05) is 6.07 Å². The first-order valence-electron chi connectivity index (χ1n) is 8.25. The molecule has 3 atom stereocenters. The third kappa shape index (κ3) is 3.28. The van der Waals surface area contributed by atoms with Crippen LogP contribution in [-0.2, 0) is 4.79 Å². The van der Waals surface area contributed by atoms with Crippen molar-refractivity contribution < 1.29 is 4.79 Å². The molecular formula is C16H26N4O. The number of nitrogens with one attached hydrogen (secondary N) is 3. The Kier molecular flexibility index (Phi) is 4.29. The Morgan fingerprint density at radius 3 is 2.86 bits per heavy atom. The van der Waals surface area contributed by atoms with E-state index in [2.05, 4.69) is 34.7 Å². The van der Waals surface area contributed by atoms with Gasteiger partial charge in [0.25, 0.3) is 0 Å². The Bertz CT molecular complexity index is 496. The summed E-state index contributed by atoms with van der Waals surface area (Å²) >= 11 is 0. The standard InChI is InChI=1S/C16H26N4O/c1-10(2)14-9-15(20-19-14)18-16(21)13-8-7-11-5-3-4-6-12(11)17-13/h9-13,17H,3-8H2,1-2H3,(H2,18,19,20,21). The molecule has 1 saturated heterocycles. The normalized spacial score (nSPS) is 29.2. The molecule has 2 heterocycles. The zero-order valence-electron chi connectivity index (χ0n) is 13.0. The third-order valence-corrected chi connectivity index (χ3v) is 4.94. The number of hydrogen-bond acceptors (Lipinski definition) is 3. The molecule has 1 aliphatic heterocycles. The fraction of sp³-hybridized carbons (Fsp3) is 0.750. The highest BCUT2D eigenvalue weighted by Crippen LogP contribution is 2.32. The molecule has 0 radical (unpaired) electrons. The summed E-state index contributed by atoms with van der Waals surface area (Å²) in [5.74, 6) is 1.86. The number of aromatic nitrogens is 2. The molecule has 2 aliphatic rings. The number of hydrogen-bond donors (Lipinski definition) is 3. The predicted molar refractivity (Wildman–Crippen MR) is 83.2 cm³/mol. The molecule has 1 amide bonds. The lowest BCUT2D eigenvalue weighted by Gasteiger charge is -2.39. The van der Waals surface area contributed by atoms with Crippen molar-refractivity contribution in [2.24, 2.45) is 5.92 Å². The first-order valence-corrected chi connectivity index (χ1v) is 8.25. The first kappa shape index (κ1) is 14.6. The van der Waals surface area contributed by atoms with Crippen molar-refractivity contribution in [2.75, 3.05) is 5.32 Å². The Hall–Kier alpha value is -1.36. The third-order valence-electron chi connectivity index (χ3n) is 4.94. The molecule has 3 unspecified atom stereocenters. The number of anilines is 1. The highest BCUT2D eigenvalue weighted by Gasteiger charge is 2.34. The number of carbonyl (C=O) groups is 1. The summed E-state index contributed by atoms with van der Waals surface area (Å²) in [6.07, 6.45) is 7.30. The van der Waals surface area contributed by atoms with Crippen molar-refractivity contribution in [1.82, 2.24) is 15.5 Å². The van der Waals surface area contributed by atoms with Crippen molar-refractivity contribution in [1.29, 1.82) is 0 Å². The topological polar surface area (TPSA) is 69.8 Å². The minimum Gasteiger partial charge on any atom is -0.308 e. The van der Waals surface area contributed by atoms with Crippen LogP contribution in [-0.4, -0.2) is 28.2 Å². The largest absolute Gasteiger partial charge is 0.308 e. The molecule has 21 heavy (non-hydrogen) atoms. The van der Waals surface area contributed by atoms with Gasteiger partial charge in [-0.05, 0) is 37.5 Å². The van der Waals surface area contributed by atoms with Gasteiger partial charge in [-0.2, -0.15) is 5.10 Å². The van der Waals surface area contributed by atoms with Gasteiger partial charge in [0, 0.05) is 17.8 Å². The van der Waals surface area contributed by atoms with Crippen molar-refractivity contribution in [2.45, 2.75) is 70.4 Å². The van der Waals surface area contributed by atoms with Gasteiger partial charge in [0.2, 0.25) is 5.91 Å². The van der Waals surface area contributed by atoms with Crippen LogP contribution in [0.4, 0.5) is 5.82 Å². The van der Waals surface area contributed by atoms with E-state index in [0.29, 0.717) is 17.8 Å². The van der Waals surface area contributed by atoms with Gasteiger partial charge in [0.05, 0.1) is 6.04 Å². The lowest BCUT2D eigenvalue weighted by molar-refractivity contribution is -0.119. The minimum atomic E-state index is -0.0662. The summed E-state index contributed by atoms with van der Waals surface area (Å²) in [6, 6.07) is 2.40. The summed E-state index contributed by atoms with van der Waals surface area (Å²) in [6.45, 7) is 4.20. The Balaban J connectivity index is 1.57. The van der Waals surface area contributed by atoms with Gasteiger partial charge in [0.1, 0.15) is 0 Å². The molecule has 1 aliphatic carbocycles. The summed E-state index contributed by atoms with van der Waals surface area (Å²) in [5.41, 5.74) is 1.05. The zero-order chi connectivity index (χ0) is 14.8. The van der Waals surface area contributed by atoms with Crippen molar-refractivity contribution in [3.05, 3.63) is 11.8 Å². The van der Waals surface area contributed by atoms with E-state index in [0.717, 1.165) is 18.0 Å². The highest BCUT2D eigenvalue weighted by atomic mass is 16.2. The quantitative estimate of drug-likeness (QED) is 0.801. The Morgan fingerprint density at radius 1 is 1.29 bits per heavy atom. The molecular weight excluding hydrogens is 264 g/mol. The summed E-state index contributed by atoms with van der Waals surface area (Å²) in [4.78, 5) is 12.4. The van der Waals surface area contributed by atoms with Crippen molar-refractivity contribution in [3.8, 4) is 0 Å². The molecule has 1 saturated carbocycles. The lowest BCUT2D eigenvalue weighted by Crippen LogP contribution is -2.53. The molecule has 2 fully saturated rings. The van der Waals surface area contributed by atoms with Crippen LogP contribution in [0, 0.1) is 5.92 Å². The van der Waals surface area contributed by atoms with Gasteiger partial charge >= 0.3 is 0 Å². The van der Waals surface area contributed by atoms with Crippen molar-refractivity contribution in [3.63, 3.8) is 0 Å². The van der Waals surface area contributed by atoms with Crippen LogP contribution in [0.2, 0.25) is 0 Å². The highest BCUT2D eigenvalue weighted by molar-refractivity contribution is 5.94. The van der Waals surface area contributed by atoms with E-state index in [1.54, 1.807) is 0 Å². The van der Waals surface area contributed by atoms with E-state index >= 15 is 0 Å². The maximum absolute atomic E-state index is 12.4. The number of fused-ring (bicyclic) bond motifs is 1. The maximum atomic E-state index is 12.4. The molecule has 3 rings (SSSR count). The fourth-order valence-electron chi connectivity index (χ4n) is 3.61. The van der Waals surface area contributed by atoms with E-state index in [-0.39, 0.29) is 11.9 Å². The molecule has 1 aromatic rings. The van der Waals surface area contributed by atoms with Gasteiger partial charge in [-0.25, -0.2) is 0 Å². The molecule has 1 aromatic heterocycles. The Labute approximate surface area is 126 Å². The van der Waals surface area contributed by atoms with Crippen LogP contribution in [0.15, 0.2) is 6.07 Å². The maximum Gasteiger partial charge on any atom is 0.242 e. The van der Waals surface area contributed by atoms with Gasteiger partial charge in [-0.15, -0.1) is 0 Å². The number of aromatic amines is 1. The summed E-state index contributed by atoms with van der Waals surface area (Å²) < 4.78 is 0. The molecule has 5 heteroatoms. The van der Waals surface area contributed by atoms with Gasteiger partial charge in [0.15, 0.2) is 5.82 Å². The fourth-order valence-corrected chi connectivity index (χ4v) is 3.61. The van der Waals surface area contributed by atoms with Crippen LogP contribution in [0.1, 0.15) is 64.0 Å². The number of nitrogens with zero attached hydrogens (tertiary/aromatic N) is 1. The minimum absolute atomic E-state index is 0.0563. The van der Waals surface area contributed by atoms with Crippen LogP contribution < -0.4 is 10.6 Å². The molecule has 0 bridgehead atoms. The van der Waals surface area contributed by atoms with E-state index in [4.69, 9.17) is 0 Å². The first-order chi connectivity index (χ1) is 10.1. The van der Waals surface area contributed by atoms with Crippen LogP contribution in [0.5, 0.6) is 0 Å². The van der Waals surface area contributed by atoms with Gasteiger partial charge in [-0.3, -0.25) is 9.89 Å². The second kappa shape index (κ2) is 6.18. The van der Waals surface area contributed by atoms with Crippen LogP contribution in [0.25, 0.3) is 0 Å². The van der Waals surface area contributed by atoms with Crippen molar-refractivity contribution >= 4 is 11.7 Å². The number of rotatable bonds is 3. The number of piperidine rings is 1. The predicted octanol–water partition coefficient (Wildman–Crippen LogP) is 2.78. The Morgan fingerprint density at radius 2 is 2.10 bits per heavy atom. The second-order valence-corrected chi connectivity index (χ2v) is 6.80. The van der Waals surface area contributed by atoms with E-state index in [1.165, 1.54) is 32.1 Å². The molecule has 3 N–H and O–H groups in total. The molecule has 0 aromatic carbocycles. The molecule has 0 spiro atoms. The summed E-state index contributed by atoms with van der Waals surface area (Å²) in [5, 5.41) is 13.6. The monoisotopic (exact) mass is 290 g/mol.